The minimum Gasteiger partial charge on any atom is -0.484 e. The van der Waals surface area contributed by atoms with Crippen LogP contribution in [-0.2, 0) is 14.6 Å². The van der Waals surface area contributed by atoms with E-state index in [-0.39, 0.29) is 24.0 Å². The van der Waals surface area contributed by atoms with Gasteiger partial charge in [0.2, 0.25) is 12.3 Å². The summed E-state index contributed by atoms with van der Waals surface area (Å²) in [6, 6.07) is 15.6. The van der Waals surface area contributed by atoms with Crippen molar-refractivity contribution >= 4 is 21.4 Å². The number of amides is 1. The summed E-state index contributed by atoms with van der Waals surface area (Å²) in [5.74, 6) is 0.664. The highest BCUT2D eigenvalue weighted by atomic mass is 32.2. The lowest BCUT2D eigenvalue weighted by Crippen LogP contribution is -2.43. The summed E-state index contributed by atoms with van der Waals surface area (Å²) in [4.78, 5) is 14.5. The van der Waals surface area contributed by atoms with Crippen LogP contribution in [0.1, 0.15) is 6.42 Å². The molecule has 3 aromatic rings. The number of benzene rings is 2. The third-order valence-corrected chi connectivity index (χ3v) is 6.45. The van der Waals surface area contributed by atoms with Gasteiger partial charge in [-0.1, -0.05) is 18.2 Å². The van der Waals surface area contributed by atoms with Gasteiger partial charge in [0.1, 0.15) is 5.75 Å². The summed E-state index contributed by atoms with van der Waals surface area (Å²) in [6.45, 7) is -0.203. The number of anilines is 1. The van der Waals surface area contributed by atoms with Crippen LogP contribution in [0.2, 0.25) is 0 Å². The Balaban J connectivity index is 1.47. The van der Waals surface area contributed by atoms with E-state index >= 15 is 0 Å². The van der Waals surface area contributed by atoms with Gasteiger partial charge in [0.15, 0.2) is 16.4 Å². The van der Waals surface area contributed by atoms with Crippen LogP contribution in [-0.4, -0.2) is 48.7 Å². The summed E-state index contributed by atoms with van der Waals surface area (Å²) >= 11 is 0. The topological polar surface area (TPSA) is 103 Å². The molecule has 0 saturated carbocycles. The normalized spacial score (nSPS) is 17.7. The molecule has 150 valence electrons. The van der Waals surface area contributed by atoms with Crippen LogP contribution in [0.15, 0.2) is 65.4 Å². The van der Waals surface area contributed by atoms with Gasteiger partial charge >= 0.3 is 0 Å². The van der Waals surface area contributed by atoms with Crippen LogP contribution in [0.5, 0.6) is 5.75 Å². The van der Waals surface area contributed by atoms with Gasteiger partial charge in [-0.2, -0.15) is 0 Å². The Morgan fingerprint density at radius 1 is 1.14 bits per heavy atom. The van der Waals surface area contributed by atoms with Gasteiger partial charge in [-0.05, 0) is 42.8 Å². The zero-order valence-electron chi connectivity index (χ0n) is 15.5. The molecule has 8 nitrogen and oxygen atoms in total. The minimum absolute atomic E-state index is 0.0352. The van der Waals surface area contributed by atoms with Crippen LogP contribution in [0, 0.1) is 0 Å². The minimum atomic E-state index is -3.13. The smallest absolute Gasteiger partial charge is 0.265 e. The molecular weight excluding hydrogens is 394 g/mol. The SMILES string of the molecule is O=C(COc1ccc(-c2nnco2)cc1)N(c1ccccc1)[C@@H]1CCS(=O)(=O)C1. The third-order valence-electron chi connectivity index (χ3n) is 4.70. The quantitative estimate of drug-likeness (QED) is 0.611. The Kier molecular flexibility index (Phi) is 5.30. The molecule has 1 amide bonds. The first-order valence-corrected chi connectivity index (χ1v) is 10.9. The van der Waals surface area contributed by atoms with E-state index in [0.717, 1.165) is 5.56 Å². The summed E-state index contributed by atoms with van der Waals surface area (Å²) in [5.41, 5.74) is 1.40. The zero-order chi connectivity index (χ0) is 20.3. The van der Waals surface area contributed by atoms with E-state index in [0.29, 0.717) is 23.7 Å². The molecule has 0 bridgehead atoms. The number of hydrogen-bond acceptors (Lipinski definition) is 7. The van der Waals surface area contributed by atoms with Crippen molar-refractivity contribution in [1.29, 1.82) is 0 Å². The number of nitrogens with zero attached hydrogens (tertiary/aromatic N) is 3. The monoisotopic (exact) mass is 413 g/mol. The molecule has 1 saturated heterocycles. The highest BCUT2D eigenvalue weighted by Crippen LogP contribution is 2.25. The molecular formula is C20H19N3O5S. The number of sulfone groups is 1. The van der Waals surface area contributed by atoms with E-state index in [1.807, 2.05) is 18.2 Å². The van der Waals surface area contributed by atoms with Crippen molar-refractivity contribution in [2.24, 2.45) is 0 Å². The Hall–Kier alpha value is -3.20. The second-order valence-corrected chi connectivity index (χ2v) is 8.94. The van der Waals surface area contributed by atoms with Crippen molar-refractivity contribution in [2.45, 2.75) is 12.5 Å². The maximum absolute atomic E-state index is 12.9. The molecule has 0 N–H and O–H groups in total. The number of carbonyl (C=O) groups excluding carboxylic acids is 1. The highest BCUT2D eigenvalue weighted by Gasteiger charge is 2.35. The molecule has 0 spiro atoms. The molecule has 0 unspecified atom stereocenters. The maximum Gasteiger partial charge on any atom is 0.265 e. The number of para-hydroxylation sites is 1. The predicted molar refractivity (Wildman–Crippen MR) is 106 cm³/mol. The molecule has 2 heterocycles. The number of rotatable bonds is 6. The lowest BCUT2D eigenvalue weighted by molar-refractivity contribution is -0.121. The Bertz CT molecular complexity index is 1070. The molecule has 1 aliphatic rings. The summed E-state index contributed by atoms with van der Waals surface area (Å²) in [5, 5.41) is 7.47. The van der Waals surface area contributed by atoms with E-state index in [1.165, 1.54) is 11.3 Å². The molecule has 1 atom stereocenters. The second-order valence-electron chi connectivity index (χ2n) is 6.71. The lowest BCUT2D eigenvalue weighted by Gasteiger charge is -2.28. The van der Waals surface area contributed by atoms with Crippen molar-refractivity contribution in [3.05, 3.63) is 61.0 Å². The molecule has 0 aliphatic carbocycles. The summed E-state index contributed by atoms with van der Waals surface area (Å²) in [6.07, 6.45) is 1.67. The van der Waals surface area contributed by atoms with Crippen LogP contribution < -0.4 is 9.64 Å². The van der Waals surface area contributed by atoms with Crippen molar-refractivity contribution in [3.63, 3.8) is 0 Å². The average molecular weight is 413 g/mol. The molecule has 1 fully saturated rings. The zero-order valence-corrected chi connectivity index (χ0v) is 16.3. The Morgan fingerprint density at radius 2 is 1.90 bits per heavy atom. The van der Waals surface area contributed by atoms with Gasteiger partial charge in [0, 0.05) is 11.3 Å². The molecule has 1 aromatic heterocycles. The fourth-order valence-corrected chi connectivity index (χ4v) is 5.03. The molecule has 29 heavy (non-hydrogen) atoms. The van der Waals surface area contributed by atoms with E-state index in [2.05, 4.69) is 10.2 Å². The van der Waals surface area contributed by atoms with E-state index in [9.17, 15) is 13.2 Å². The van der Waals surface area contributed by atoms with Gasteiger partial charge in [-0.25, -0.2) is 8.42 Å². The van der Waals surface area contributed by atoms with Crippen molar-refractivity contribution in [2.75, 3.05) is 23.0 Å². The molecule has 4 rings (SSSR count). The molecule has 2 aromatic carbocycles. The first-order chi connectivity index (χ1) is 14.0. The van der Waals surface area contributed by atoms with E-state index in [4.69, 9.17) is 9.15 Å². The fourth-order valence-electron chi connectivity index (χ4n) is 3.33. The third kappa shape index (κ3) is 4.45. The first-order valence-electron chi connectivity index (χ1n) is 9.09. The van der Waals surface area contributed by atoms with Gasteiger partial charge < -0.3 is 14.1 Å². The average Bonchev–Trinajstić information content (AvgIpc) is 3.38. The van der Waals surface area contributed by atoms with Gasteiger partial charge in [0.25, 0.3) is 5.91 Å². The first kappa shape index (κ1) is 19.1. The van der Waals surface area contributed by atoms with Crippen LogP contribution in [0.4, 0.5) is 5.69 Å². The van der Waals surface area contributed by atoms with Gasteiger partial charge in [0.05, 0.1) is 17.5 Å². The Morgan fingerprint density at radius 3 is 2.52 bits per heavy atom. The van der Waals surface area contributed by atoms with E-state index < -0.39 is 15.9 Å². The Labute approximate surface area is 168 Å². The van der Waals surface area contributed by atoms with Gasteiger partial charge in [-0.15, -0.1) is 10.2 Å². The number of aromatic nitrogens is 2. The largest absolute Gasteiger partial charge is 0.484 e. The lowest BCUT2D eigenvalue weighted by atomic mass is 10.2. The van der Waals surface area contributed by atoms with E-state index in [1.54, 1.807) is 36.4 Å². The fraction of sp³-hybridized carbons (Fsp3) is 0.250. The highest BCUT2D eigenvalue weighted by molar-refractivity contribution is 7.91. The molecule has 0 radical (unpaired) electrons. The summed E-state index contributed by atoms with van der Waals surface area (Å²) in [7, 11) is -3.13. The number of hydrogen-bond donors (Lipinski definition) is 0. The van der Waals surface area contributed by atoms with Crippen LogP contribution >= 0.6 is 0 Å². The van der Waals surface area contributed by atoms with Gasteiger partial charge in [-0.3, -0.25) is 4.79 Å². The summed E-state index contributed by atoms with van der Waals surface area (Å²) < 4.78 is 34.6. The second kappa shape index (κ2) is 8.04. The van der Waals surface area contributed by atoms with Crippen LogP contribution in [0.3, 0.4) is 0 Å². The van der Waals surface area contributed by atoms with Crippen LogP contribution in [0.25, 0.3) is 11.5 Å². The molecule has 1 aliphatic heterocycles. The predicted octanol–water partition coefficient (Wildman–Crippen LogP) is 2.34. The van der Waals surface area contributed by atoms with Crippen molar-refractivity contribution < 1.29 is 22.4 Å². The molecule has 9 heteroatoms. The maximum atomic E-state index is 12.9. The number of carbonyl (C=O) groups is 1. The standard InChI is InChI=1S/C20H19N3O5S/c24-19(12-27-18-8-6-15(7-9-18)20-22-21-14-28-20)23(16-4-2-1-3-5-16)17-10-11-29(25,26)13-17/h1-9,14,17H,10-13H2/t17-/m1/s1. The van der Waals surface area contributed by atoms with Crippen molar-refractivity contribution in [3.8, 4) is 17.2 Å². The van der Waals surface area contributed by atoms with Crippen molar-refractivity contribution in [1.82, 2.24) is 10.2 Å². The number of ether oxygens (including phenoxy) is 1.